The van der Waals surface area contributed by atoms with E-state index in [0.717, 1.165) is 33.4 Å². The molecule has 1 saturated heterocycles. The molecule has 0 spiro atoms. The highest BCUT2D eigenvalue weighted by Gasteiger charge is 2.47. The molecule has 1 unspecified atom stereocenters. The zero-order chi connectivity index (χ0) is 31.5. The number of phenols is 2. The summed E-state index contributed by atoms with van der Waals surface area (Å²) in [4.78, 5) is 28.2. The highest BCUT2D eigenvalue weighted by atomic mass is 16.3. The SMILES string of the molecule is CC1(CCc2cc(C(C)(C)C)c(O)c(C(C)(C)C)c2)NC(=O)N(Cc2cc(C(C)(C)C)c(O)c(C(C)(C)C)c2)C1=O. The molecule has 0 saturated carbocycles. The first-order valence-corrected chi connectivity index (χ1v) is 14.7. The number of aromatic hydroxyl groups is 2. The van der Waals surface area contributed by atoms with Crippen molar-refractivity contribution in [3.63, 3.8) is 0 Å². The van der Waals surface area contributed by atoms with Gasteiger partial charge in [0.1, 0.15) is 17.0 Å². The Morgan fingerprint density at radius 1 is 0.659 bits per heavy atom. The van der Waals surface area contributed by atoms with E-state index in [-0.39, 0.29) is 39.9 Å². The lowest BCUT2D eigenvalue weighted by Gasteiger charge is -2.29. The number of urea groups is 1. The summed E-state index contributed by atoms with van der Waals surface area (Å²) in [5.74, 6) is 0.347. The minimum atomic E-state index is -1.05. The van der Waals surface area contributed by atoms with Crippen LogP contribution in [-0.2, 0) is 39.4 Å². The molecule has 3 rings (SSSR count). The number of carbonyl (C=O) groups excluding carboxylic acids is 2. The minimum Gasteiger partial charge on any atom is -0.507 e. The van der Waals surface area contributed by atoms with Gasteiger partial charge in [-0.2, -0.15) is 0 Å². The molecule has 1 aliphatic rings. The van der Waals surface area contributed by atoms with E-state index >= 15 is 0 Å². The maximum Gasteiger partial charge on any atom is 0.325 e. The monoisotopic (exact) mass is 564 g/mol. The summed E-state index contributed by atoms with van der Waals surface area (Å²) in [6, 6.07) is 7.49. The van der Waals surface area contributed by atoms with E-state index in [2.05, 4.69) is 46.9 Å². The van der Waals surface area contributed by atoms with Crippen molar-refractivity contribution in [3.8, 4) is 11.5 Å². The number of carbonyl (C=O) groups is 2. The molecule has 0 aliphatic carbocycles. The van der Waals surface area contributed by atoms with E-state index in [0.29, 0.717) is 18.6 Å². The van der Waals surface area contributed by atoms with Gasteiger partial charge in [0.15, 0.2) is 0 Å². The molecular formula is C35H52N2O4. The standard InChI is InChI=1S/C35H52N2O4/c1-31(2,3)23-16-21(17-24(27(23)38)32(4,5)6)14-15-35(13)29(40)37(30(41)36-35)20-22-18-25(33(7,8)9)28(39)26(19-22)34(10,11)12/h16-19,38-39H,14-15,20H2,1-13H3,(H,36,41). The number of hydrogen-bond acceptors (Lipinski definition) is 4. The number of amides is 3. The first-order chi connectivity index (χ1) is 18.4. The Labute approximate surface area is 247 Å². The Balaban J connectivity index is 1.92. The Bertz CT molecular complexity index is 1280. The zero-order valence-electron chi connectivity index (χ0n) is 27.6. The number of aryl methyl sites for hydroxylation is 1. The summed E-state index contributed by atoms with van der Waals surface area (Å²) < 4.78 is 0. The molecule has 2 aromatic rings. The van der Waals surface area contributed by atoms with E-state index in [9.17, 15) is 19.8 Å². The van der Waals surface area contributed by atoms with Crippen LogP contribution in [0.1, 0.15) is 130 Å². The van der Waals surface area contributed by atoms with Crippen LogP contribution in [0.2, 0.25) is 0 Å². The molecule has 0 aromatic heterocycles. The van der Waals surface area contributed by atoms with Crippen LogP contribution in [0.3, 0.4) is 0 Å². The largest absolute Gasteiger partial charge is 0.507 e. The Hall–Kier alpha value is -3.02. The molecule has 6 heteroatoms. The van der Waals surface area contributed by atoms with Gasteiger partial charge in [0.25, 0.3) is 5.91 Å². The van der Waals surface area contributed by atoms with Gasteiger partial charge in [0.2, 0.25) is 0 Å². The molecule has 0 radical (unpaired) electrons. The van der Waals surface area contributed by atoms with Crippen LogP contribution in [0.4, 0.5) is 4.79 Å². The first-order valence-electron chi connectivity index (χ1n) is 14.7. The Morgan fingerprint density at radius 2 is 1.00 bits per heavy atom. The molecule has 41 heavy (non-hydrogen) atoms. The fraction of sp³-hybridized carbons (Fsp3) is 0.600. The summed E-state index contributed by atoms with van der Waals surface area (Å²) in [5, 5.41) is 25.1. The quantitative estimate of drug-likeness (QED) is 0.324. The van der Waals surface area contributed by atoms with Crippen molar-refractivity contribution in [1.82, 2.24) is 10.2 Å². The smallest absolute Gasteiger partial charge is 0.325 e. The van der Waals surface area contributed by atoms with E-state index < -0.39 is 11.6 Å². The number of hydrogen-bond donors (Lipinski definition) is 3. The fourth-order valence-corrected chi connectivity index (χ4v) is 5.55. The third kappa shape index (κ3) is 6.73. The fourth-order valence-electron chi connectivity index (χ4n) is 5.55. The predicted octanol–water partition coefficient (Wildman–Crippen LogP) is 7.73. The number of imide groups is 1. The molecule has 1 atom stereocenters. The van der Waals surface area contributed by atoms with Crippen molar-refractivity contribution in [2.24, 2.45) is 0 Å². The van der Waals surface area contributed by atoms with Gasteiger partial charge < -0.3 is 15.5 Å². The number of rotatable bonds is 5. The van der Waals surface area contributed by atoms with E-state index in [1.54, 1.807) is 6.92 Å². The highest BCUT2D eigenvalue weighted by molar-refractivity contribution is 6.06. The van der Waals surface area contributed by atoms with Gasteiger partial charge in [-0.15, -0.1) is 0 Å². The van der Waals surface area contributed by atoms with Crippen molar-refractivity contribution in [1.29, 1.82) is 0 Å². The Morgan fingerprint density at radius 3 is 1.34 bits per heavy atom. The summed E-state index contributed by atoms with van der Waals surface area (Å²) in [7, 11) is 0. The maximum atomic E-state index is 13.8. The third-order valence-electron chi connectivity index (χ3n) is 8.17. The van der Waals surface area contributed by atoms with Crippen LogP contribution in [0, 0.1) is 0 Å². The molecule has 1 heterocycles. The first kappa shape index (κ1) is 32.5. The number of nitrogens with one attached hydrogen (secondary N) is 1. The average molecular weight is 565 g/mol. The highest BCUT2D eigenvalue weighted by Crippen LogP contribution is 2.42. The number of phenolic OH excluding ortho intramolecular Hbond substituents is 2. The molecule has 3 N–H and O–H groups in total. The molecule has 0 bridgehead atoms. The molecule has 1 fully saturated rings. The summed E-state index contributed by atoms with van der Waals surface area (Å²) >= 11 is 0. The Kier molecular flexibility index (Phi) is 8.21. The van der Waals surface area contributed by atoms with Crippen LogP contribution in [0.25, 0.3) is 0 Å². The number of benzene rings is 2. The van der Waals surface area contributed by atoms with Gasteiger partial charge in [0.05, 0.1) is 6.54 Å². The lowest BCUT2D eigenvalue weighted by Crippen LogP contribution is -2.44. The van der Waals surface area contributed by atoms with E-state index in [1.807, 2.05) is 65.8 Å². The lowest BCUT2D eigenvalue weighted by atomic mass is 9.77. The van der Waals surface area contributed by atoms with Crippen molar-refractivity contribution in [2.75, 3.05) is 0 Å². The topological polar surface area (TPSA) is 89.9 Å². The summed E-state index contributed by atoms with van der Waals surface area (Å²) in [5.41, 5.74) is 3.03. The van der Waals surface area contributed by atoms with Crippen molar-refractivity contribution in [3.05, 3.63) is 57.6 Å². The predicted molar refractivity (Wildman–Crippen MR) is 167 cm³/mol. The van der Waals surface area contributed by atoms with Gasteiger partial charge in [-0.1, -0.05) is 95.2 Å². The van der Waals surface area contributed by atoms with Gasteiger partial charge in [0, 0.05) is 0 Å². The third-order valence-corrected chi connectivity index (χ3v) is 8.17. The minimum absolute atomic E-state index is 0.133. The van der Waals surface area contributed by atoms with Gasteiger partial charge in [-0.05, 0) is 86.9 Å². The van der Waals surface area contributed by atoms with Crippen LogP contribution < -0.4 is 5.32 Å². The van der Waals surface area contributed by atoms with Gasteiger partial charge >= 0.3 is 6.03 Å². The summed E-state index contributed by atoms with van der Waals surface area (Å²) in [6.45, 7) is 26.7. The molecular weight excluding hydrogens is 512 g/mol. The maximum absolute atomic E-state index is 13.8. The molecule has 3 amide bonds. The number of nitrogens with zero attached hydrogens (tertiary/aromatic N) is 1. The van der Waals surface area contributed by atoms with Crippen molar-refractivity contribution >= 4 is 11.9 Å². The van der Waals surface area contributed by atoms with Crippen LogP contribution >= 0.6 is 0 Å². The van der Waals surface area contributed by atoms with Crippen molar-refractivity contribution < 1.29 is 19.8 Å². The second kappa shape index (κ2) is 10.4. The zero-order valence-corrected chi connectivity index (χ0v) is 27.6. The van der Waals surface area contributed by atoms with Crippen LogP contribution in [0.15, 0.2) is 24.3 Å². The van der Waals surface area contributed by atoms with E-state index in [4.69, 9.17) is 0 Å². The second-order valence-corrected chi connectivity index (χ2v) is 16.2. The molecule has 6 nitrogen and oxygen atoms in total. The van der Waals surface area contributed by atoms with Crippen molar-refractivity contribution in [2.45, 2.75) is 137 Å². The lowest BCUT2D eigenvalue weighted by molar-refractivity contribution is -0.131. The van der Waals surface area contributed by atoms with Crippen LogP contribution in [-0.4, -0.2) is 32.6 Å². The molecule has 226 valence electrons. The van der Waals surface area contributed by atoms with Gasteiger partial charge in [-0.3, -0.25) is 9.69 Å². The normalized spacial score (nSPS) is 18.7. The molecule has 1 aliphatic heterocycles. The van der Waals surface area contributed by atoms with E-state index in [1.165, 1.54) is 4.90 Å². The average Bonchev–Trinajstić information content (AvgIpc) is 2.99. The molecule has 2 aromatic carbocycles. The van der Waals surface area contributed by atoms with Crippen LogP contribution in [0.5, 0.6) is 11.5 Å². The summed E-state index contributed by atoms with van der Waals surface area (Å²) in [6.07, 6.45) is 1.01. The second-order valence-electron chi connectivity index (χ2n) is 16.2. The van der Waals surface area contributed by atoms with Gasteiger partial charge in [-0.25, -0.2) is 4.79 Å².